The van der Waals surface area contributed by atoms with Crippen LogP contribution >= 0.6 is 0 Å². The summed E-state index contributed by atoms with van der Waals surface area (Å²) in [4.78, 5) is 22.5. The molecule has 0 amide bonds. The van der Waals surface area contributed by atoms with Crippen LogP contribution in [0.2, 0.25) is 0 Å². The van der Waals surface area contributed by atoms with Gasteiger partial charge in [-0.15, -0.1) is 0 Å². The van der Waals surface area contributed by atoms with Crippen LogP contribution in [0.3, 0.4) is 0 Å². The Kier molecular flexibility index (Phi) is 3.55. The number of carbonyl (C=O) groups excluding carboxylic acids is 2. The number of hydrogen-bond acceptors (Lipinski definition) is 3. The predicted molar refractivity (Wildman–Crippen MR) is 52.1 cm³/mol. The highest BCUT2D eigenvalue weighted by Crippen LogP contribution is 2.11. The second-order valence-electron chi connectivity index (χ2n) is 3.03. The zero-order valence-corrected chi connectivity index (χ0v) is 8.54. The van der Waals surface area contributed by atoms with Gasteiger partial charge in [-0.2, -0.15) is 0 Å². The molecule has 0 aliphatic rings. The normalized spacial score (nSPS) is 9.80. The molecule has 0 N–H and O–H groups in total. The standard InChI is InChI=1S/C11H11FO3/c1-3-15-11(14)10(13)8-6-7(2)4-5-9(8)12/h4-6H,3H2,1-2H3. The van der Waals surface area contributed by atoms with Crippen molar-refractivity contribution >= 4 is 11.8 Å². The van der Waals surface area contributed by atoms with Crippen LogP contribution in [0.5, 0.6) is 0 Å². The molecule has 0 saturated carbocycles. The third-order valence-corrected chi connectivity index (χ3v) is 1.83. The van der Waals surface area contributed by atoms with Crippen LogP contribution in [0.4, 0.5) is 4.39 Å². The van der Waals surface area contributed by atoms with E-state index in [2.05, 4.69) is 4.74 Å². The molecule has 3 nitrogen and oxygen atoms in total. The fourth-order valence-electron chi connectivity index (χ4n) is 1.12. The third kappa shape index (κ3) is 2.62. The molecule has 0 aliphatic carbocycles. The van der Waals surface area contributed by atoms with Crippen molar-refractivity contribution in [1.82, 2.24) is 0 Å². The first-order valence-corrected chi connectivity index (χ1v) is 4.54. The number of benzene rings is 1. The second kappa shape index (κ2) is 4.68. The number of Topliss-reactive ketones (excluding diaryl/α,β-unsaturated/α-hetero) is 1. The maximum absolute atomic E-state index is 13.2. The van der Waals surface area contributed by atoms with Crippen LogP contribution in [0.25, 0.3) is 0 Å². The molecule has 1 aromatic rings. The van der Waals surface area contributed by atoms with Crippen LogP contribution in [0.1, 0.15) is 22.8 Å². The van der Waals surface area contributed by atoms with E-state index in [0.717, 1.165) is 6.07 Å². The minimum atomic E-state index is -1.03. The summed E-state index contributed by atoms with van der Waals surface area (Å²) in [6.07, 6.45) is 0. The summed E-state index contributed by atoms with van der Waals surface area (Å²) in [6.45, 7) is 3.39. The number of hydrogen-bond donors (Lipinski definition) is 0. The number of halogens is 1. The lowest BCUT2D eigenvalue weighted by molar-refractivity contribution is -0.137. The molecule has 4 heteroatoms. The molecular weight excluding hydrogens is 199 g/mol. The molecule has 0 bridgehead atoms. The molecule has 1 aromatic carbocycles. The molecular formula is C11H11FO3. The average molecular weight is 210 g/mol. The van der Waals surface area contributed by atoms with Gasteiger partial charge in [0, 0.05) is 0 Å². The molecule has 0 saturated heterocycles. The lowest BCUT2D eigenvalue weighted by Crippen LogP contribution is -2.18. The topological polar surface area (TPSA) is 43.4 Å². The van der Waals surface area contributed by atoms with Gasteiger partial charge in [0.2, 0.25) is 0 Å². The molecule has 0 spiro atoms. The minimum Gasteiger partial charge on any atom is -0.460 e. The first-order valence-electron chi connectivity index (χ1n) is 4.54. The van der Waals surface area contributed by atoms with Gasteiger partial charge in [0.25, 0.3) is 5.78 Å². The van der Waals surface area contributed by atoms with Crippen molar-refractivity contribution in [2.75, 3.05) is 6.61 Å². The molecule has 0 unspecified atom stereocenters. The Bertz CT molecular complexity index is 399. The van der Waals surface area contributed by atoms with Gasteiger partial charge < -0.3 is 4.74 Å². The Hall–Kier alpha value is -1.71. The second-order valence-corrected chi connectivity index (χ2v) is 3.03. The van der Waals surface area contributed by atoms with Crippen molar-refractivity contribution in [3.63, 3.8) is 0 Å². The fourth-order valence-corrected chi connectivity index (χ4v) is 1.12. The number of ether oxygens (including phenoxy) is 1. The van der Waals surface area contributed by atoms with E-state index in [1.54, 1.807) is 13.8 Å². The van der Waals surface area contributed by atoms with Gasteiger partial charge >= 0.3 is 5.97 Å². The van der Waals surface area contributed by atoms with Crippen LogP contribution in [0.15, 0.2) is 18.2 Å². The average Bonchev–Trinajstić information content (AvgIpc) is 2.21. The lowest BCUT2D eigenvalue weighted by atomic mass is 10.1. The molecule has 1 rings (SSSR count). The van der Waals surface area contributed by atoms with Crippen molar-refractivity contribution in [3.8, 4) is 0 Å². The van der Waals surface area contributed by atoms with E-state index < -0.39 is 17.6 Å². The molecule has 15 heavy (non-hydrogen) atoms. The Morgan fingerprint density at radius 1 is 1.40 bits per heavy atom. The van der Waals surface area contributed by atoms with E-state index in [1.807, 2.05) is 0 Å². The van der Waals surface area contributed by atoms with E-state index in [9.17, 15) is 14.0 Å². The van der Waals surface area contributed by atoms with Gasteiger partial charge in [-0.25, -0.2) is 9.18 Å². The van der Waals surface area contributed by atoms with Crippen molar-refractivity contribution in [2.24, 2.45) is 0 Å². The van der Waals surface area contributed by atoms with Crippen LogP contribution < -0.4 is 0 Å². The zero-order valence-electron chi connectivity index (χ0n) is 8.54. The highest BCUT2D eigenvalue weighted by Gasteiger charge is 2.20. The number of rotatable bonds is 3. The summed E-state index contributed by atoms with van der Waals surface area (Å²) in [6, 6.07) is 4.01. The van der Waals surface area contributed by atoms with Crippen molar-refractivity contribution in [1.29, 1.82) is 0 Å². The van der Waals surface area contributed by atoms with E-state index in [1.165, 1.54) is 12.1 Å². The minimum absolute atomic E-state index is 0.0952. The molecule has 0 radical (unpaired) electrons. The molecule has 0 aromatic heterocycles. The number of ketones is 1. The lowest BCUT2D eigenvalue weighted by Gasteiger charge is -2.03. The van der Waals surface area contributed by atoms with Crippen molar-refractivity contribution < 1.29 is 18.7 Å². The Morgan fingerprint density at radius 2 is 2.07 bits per heavy atom. The third-order valence-electron chi connectivity index (χ3n) is 1.83. The number of aryl methyl sites for hydroxylation is 1. The molecule has 0 aliphatic heterocycles. The van der Waals surface area contributed by atoms with Crippen molar-refractivity contribution in [2.45, 2.75) is 13.8 Å². The molecule has 0 atom stereocenters. The summed E-state index contributed by atoms with van der Waals surface area (Å²) in [5.74, 6) is -2.68. The summed E-state index contributed by atoms with van der Waals surface area (Å²) in [5.41, 5.74) is 0.470. The number of esters is 1. The Balaban J connectivity index is 3.00. The molecule has 80 valence electrons. The maximum Gasteiger partial charge on any atom is 0.379 e. The fraction of sp³-hybridized carbons (Fsp3) is 0.273. The number of carbonyl (C=O) groups is 2. The Morgan fingerprint density at radius 3 is 2.67 bits per heavy atom. The summed E-state index contributed by atoms with van der Waals surface area (Å²) >= 11 is 0. The van der Waals surface area contributed by atoms with E-state index >= 15 is 0 Å². The highest BCUT2D eigenvalue weighted by molar-refractivity contribution is 6.40. The van der Waals surface area contributed by atoms with E-state index in [-0.39, 0.29) is 12.2 Å². The van der Waals surface area contributed by atoms with E-state index in [0.29, 0.717) is 5.56 Å². The van der Waals surface area contributed by atoms with Crippen LogP contribution in [0, 0.1) is 12.7 Å². The Labute approximate surface area is 86.9 Å². The monoisotopic (exact) mass is 210 g/mol. The first kappa shape index (κ1) is 11.4. The van der Waals surface area contributed by atoms with Gasteiger partial charge in [-0.3, -0.25) is 4.79 Å². The predicted octanol–water partition coefficient (Wildman–Crippen LogP) is 1.88. The SMILES string of the molecule is CCOC(=O)C(=O)c1cc(C)ccc1F. The quantitative estimate of drug-likeness (QED) is 0.434. The summed E-state index contributed by atoms with van der Waals surface area (Å²) in [5, 5.41) is 0. The largest absolute Gasteiger partial charge is 0.460 e. The zero-order chi connectivity index (χ0) is 11.4. The summed E-state index contributed by atoms with van der Waals surface area (Å²) in [7, 11) is 0. The maximum atomic E-state index is 13.2. The van der Waals surface area contributed by atoms with Crippen molar-refractivity contribution in [3.05, 3.63) is 35.1 Å². The van der Waals surface area contributed by atoms with Gasteiger partial charge in [0.1, 0.15) is 5.82 Å². The molecule has 0 fully saturated rings. The smallest absolute Gasteiger partial charge is 0.379 e. The first-order chi connectivity index (χ1) is 7.06. The van der Waals surface area contributed by atoms with E-state index in [4.69, 9.17) is 0 Å². The van der Waals surface area contributed by atoms with Gasteiger partial charge in [0.15, 0.2) is 0 Å². The van der Waals surface area contributed by atoms with Gasteiger partial charge in [-0.1, -0.05) is 11.6 Å². The van der Waals surface area contributed by atoms with Gasteiger partial charge in [-0.05, 0) is 26.0 Å². The van der Waals surface area contributed by atoms with Crippen LogP contribution in [-0.4, -0.2) is 18.4 Å². The summed E-state index contributed by atoms with van der Waals surface area (Å²) < 4.78 is 17.7. The van der Waals surface area contributed by atoms with Crippen LogP contribution in [-0.2, 0) is 9.53 Å². The highest BCUT2D eigenvalue weighted by atomic mass is 19.1. The van der Waals surface area contributed by atoms with Gasteiger partial charge in [0.05, 0.1) is 12.2 Å². The molecule has 0 heterocycles.